The SMILES string of the molecule is C=CC(=O)N1CC2C(=O)N(C3CN(C)C3)c3c(c4cc(F)c(-c5c(O)cccc5F)c(F)c4n(-c4c(C)ccnc4C(C)C)c3=O)N2CC1C. The number of halogens is 3. The number of phenolic OH excluding ortho intramolecular Hbond substituents is 1. The molecule has 0 radical (unpaired) electrons. The maximum Gasteiger partial charge on any atom is 0.281 e. The van der Waals surface area contributed by atoms with Gasteiger partial charge in [0.25, 0.3) is 11.5 Å². The molecule has 0 saturated carbocycles. The van der Waals surface area contributed by atoms with Crippen molar-refractivity contribution in [1.82, 2.24) is 19.4 Å². The van der Waals surface area contributed by atoms with Crippen LogP contribution in [0.2, 0.25) is 0 Å². The Balaban J connectivity index is 1.66. The number of fused-ring (bicyclic) bond motifs is 5. The van der Waals surface area contributed by atoms with Crippen molar-refractivity contribution in [1.29, 1.82) is 0 Å². The Morgan fingerprint density at radius 1 is 1.02 bits per heavy atom. The van der Waals surface area contributed by atoms with Gasteiger partial charge >= 0.3 is 0 Å². The predicted octanol–water partition coefficient (Wildman–Crippen LogP) is 4.86. The Bertz CT molecular complexity index is 2160. The van der Waals surface area contributed by atoms with E-state index in [1.165, 1.54) is 21.9 Å². The van der Waals surface area contributed by atoms with Gasteiger partial charge in [-0.15, -0.1) is 0 Å². The lowest BCUT2D eigenvalue weighted by atomic mass is 9.93. The van der Waals surface area contributed by atoms with Gasteiger partial charge in [-0.3, -0.25) is 28.8 Å². The standard InChI is InChI=1S/C37H37F3N6O4/c1-7-27(48)43-17-25-36(49)45(21-15-42(6)16-21)35-34(44(25)14-20(43)5)22-13-24(39)29(28-23(38)9-8-10-26(28)47)30(40)33(22)46(37(35)50)32-19(4)11-12-41-31(32)18(2)3/h7-13,18,20-21,25,47H,1,14-17H2,2-6H3. The molecule has 13 heteroatoms. The lowest BCUT2D eigenvalue weighted by Crippen LogP contribution is -2.71. The molecular formula is C37H37F3N6O4. The zero-order valence-electron chi connectivity index (χ0n) is 28.4. The normalized spacial score (nSPS) is 19.5. The van der Waals surface area contributed by atoms with E-state index in [0.717, 1.165) is 22.8 Å². The van der Waals surface area contributed by atoms with Gasteiger partial charge in [0.15, 0.2) is 5.82 Å². The van der Waals surface area contributed by atoms with E-state index in [9.17, 15) is 14.7 Å². The quantitative estimate of drug-likeness (QED) is 0.300. The Kier molecular flexibility index (Phi) is 8.00. The number of hydrogen-bond acceptors (Lipinski definition) is 7. The molecule has 7 rings (SSSR count). The van der Waals surface area contributed by atoms with Crippen molar-refractivity contribution in [2.24, 2.45) is 0 Å². The molecule has 0 aliphatic carbocycles. The first kappa shape index (κ1) is 33.3. The first-order valence-electron chi connectivity index (χ1n) is 16.5. The number of nitrogens with zero attached hydrogens (tertiary/aromatic N) is 6. The summed E-state index contributed by atoms with van der Waals surface area (Å²) in [6.45, 7) is 11.8. The Hall–Kier alpha value is -5.17. The number of phenols is 1. The van der Waals surface area contributed by atoms with Crippen LogP contribution in [0.1, 0.15) is 37.9 Å². The number of likely N-dealkylation sites (N-methyl/N-ethyl adjacent to an activating group) is 1. The van der Waals surface area contributed by atoms with Crippen molar-refractivity contribution in [3.8, 4) is 22.6 Å². The van der Waals surface area contributed by atoms with Crippen LogP contribution in [-0.2, 0) is 9.59 Å². The Morgan fingerprint density at radius 3 is 2.38 bits per heavy atom. The number of likely N-dealkylation sites (tertiary alicyclic amines) is 1. The van der Waals surface area contributed by atoms with Crippen LogP contribution >= 0.6 is 0 Å². The van der Waals surface area contributed by atoms with Gasteiger partial charge in [-0.05, 0) is 62.7 Å². The van der Waals surface area contributed by atoms with Crippen molar-refractivity contribution < 1.29 is 27.9 Å². The highest BCUT2D eigenvalue weighted by Gasteiger charge is 2.50. The number of carbonyl (C=O) groups excluding carboxylic acids is 2. The number of aromatic hydroxyl groups is 1. The average Bonchev–Trinajstić information content (AvgIpc) is 3.05. The second-order valence-electron chi connectivity index (χ2n) is 13.7. The van der Waals surface area contributed by atoms with E-state index in [2.05, 4.69) is 11.6 Å². The van der Waals surface area contributed by atoms with Gasteiger partial charge in [0.2, 0.25) is 5.91 Å². The summed E-state index contributed by atoms with van der Waals surface area (Å²) in [5.41, 5.74) is -1.25. The summed E-state index contributed by atoms with van der Waals surface area (Å²) in [6, 6.07) is 4.16. The third-order valence-electron chi connectivity index (χ3n) is 10.1. The monoisotopic (exact) mass is 686 g/mol. The second-order valence-corrected chi connectivity index (χ2v) is 13.7. The van der Waals surface area contributed by atoms with E-state index in [1.807, 2.05) is 25.8 Å². The molecule has 50 heavy (non-hydrogen) atoms. The minimum Gasteiger partial charge on any atom is -0.507 e. The number of anilines is 2. The first-order valence-corrected chi connectivity index (χ1v) is 16.5. The number of pyridine rings is 2. The Labute approximate surface area is 286 Å². The van der Waals surface area contributed by atoms with Gasteiger partial charge < -0.3 is 19.8 Å². The number of piperazine rings is 1. The van der Waals surface area contributed by atoms with Crippen LogP contribution < -0.4 is 15.4 Å². The average molecular weight is 687 g/mol. The summed E-state index contributed by atoms with van der Waals surface area (Å²) in [5, 5.41) is 10.6. The van der Waals surface area contributed by atoms with E-state index >= 15 is 18.0 Å². The summed E-state index contributed by atoms with van der Waals surface area (Å²) >= 11 is 0. The van der Waals surface area contributed by atoms with Gasteiger partial charge in [-0.25, -0.2) is 13.2 Å². The van der Waals surface area contributed by atoms with Gasteiger partial charge in [-0.1, -0.05) is 26.5 Å². The fraction of sp³-hybridized carbons (Fsp3) is 0.351. The molecule has 2 atom stereocenters. The van der Waals surface area contributed by atoms with Gasteiger partial charge in [-0.2, -0.15) is 0 Å². The molecule has 4 aromatic rings. The molecule has 2 amide bonds. The largest absolute Gasteiger partial charge is 0.507 e. The lowest BCUT2D eigenvalue weighted by Gasteiger charge is -2.53. The highest BCUT2D eigenvalue weighted by molar-refractivity contribution is 6.13. The highest BCUT2D eigenvalue weighted by atomic mass is 19.1. The topological polar surface area (TPSA) is 102 Å². The van der Waals surface area contributed by atoms with E-state index in [1.54, 1.807) is 31.0 Å². The number of aromatic nitrogens is 2. The van der Waals surface area contributed by atoms with Gasteiger partial charge in [0.05, 0.1) is 46.3 Å². The summed E-state index contributed by atoms with van der Waals surface area (Å²) in [4.78, 5) is 53.9. The maximum absolute atomic E-state index is 17.4. The van der Waals surface area contributed by atoms with Crippen molar-refractivity contribution in [2.45, 2.75) is 51.7 Å². The van der Waals surface area contributed by atoms with Crippen LogP contribution in [0.15, 0.2) is 54.0 Å². The van der Waals surface area contributed by atoms with E-state index in [4.69, 9.17) is 0 Å². The molecule has 3 aliphatic rings. The highest BCUT2D eigenvalue weighted by Crippen LogP contribution is 2.47. The van der Waals surface area contributed by atoms with Crippen LogP contribution in [0.25, 0.3) is 27.7 Å². The number of benzene rings is 2. The van der Waals surface area contributed by atoms with Crippen molar-refractivity contribution in [2.75, 3.05) is 43.0 Å². The summed E-state index contributed by atoms with van der Waals surface area (Å²) in [7, 11) is 1.88. The zero-order valence-corrected chi connectivity index (χ0v) is 28.4. The molecular weight excluding hydrogens is 649 g/mol. The fourth-order valence-corrected chi connectivity index (χ4v) is 7.76. The number of hydrogen-bond donors (Lipinski definition) is 1. The smallest absolute Gasteiger partial charge is 0.281 e. The van der Waals surface area contributed by atoms with Crippen LogP contribution in [0.4, 0.5) is 24.5 Å². The van der Waals surface area contributed by atoms with Gasteiger partial charge in [0.1, 0.15) is 29.1 Å². The molecule has 1 N–H and O–H groups in total. The van der Waals surface area contributed by atoms with Crippen molar-refractivity contribution in [3.05, 3.63) is 88.2 Å². The second kappa shape index (κ2) is 12.0. The van der Waals surface area contributed by atoms with Crippen LogP contribution in [0, 0.1) is 24.4 Å². The number of aryl methyl sites for hydroxylation is 1. The van der Waals surface area contributed by atoms with Crippen LogP contribution in [0.3, 0.4) is 0 Å². The number of rotatable bonds is 5. The number of amides is 2. The molecule has 0 bridgehead atoms. The van der Waals surface area contributed by atoms with Crippen molar-refractivity contribution >= 4 is 34.1 Å². The summed E-state index contributed by atoms with van der Waals surface area (Å²) in [6.07, 6.45) is 2.75. The van der Waals surface area contributed by atoms with Crippen LogP contribution in [0.5, 0.6) is 5.75 Å². The molecule has 2 saturated heterocycles. The van der Waals surface area contributed by atoms with Crippen LogP contribution in [-0.4, -0.2) is 87.6 Å². The molecule has 3 aliphatic heterocycles. The minimum absolute atomic E-state index is 0.0296. The van der Waals surface area contributed by atoms with E-state index < -0.39 is 63.9 Å². The van der Waals surface area contributed by atoms with E-state index in [0.29, 0.717) is 24.3 Å². The zero-order chi connectivity index (χ0) is 35.9. The predicted molar refractivity (Wildman–Crippen MR) is 184 cm³/mol. The Morgan fingerprint density at radius 2 is 1.74 bits per heavy atom. The molecule has 260 valence electrons. The third kappa shape index (κ3) is 4.81. The molecule has 0 spiro atoms. The third-order valence-corrected chi connectivity index (χ3v) is 10.1. The molecule has 2 fully saturated rings. The number of carbonyl (C=O) groups is 2. The molecule has 2 aromatic carbocycles. The molecule has 2 unspecified atom stereocenters. The summed E-state index contributed by atoms with van der Waals surface area (Å²) in [5.74, 6) is -5.21. The first-order chi connectivity index (χ1) is 23.8. The minimum atomic E-state index is -1.27. The fourth-order valence-electron chi connectivity index (χ4n) is 7.76. The summed E-state index contributed by atoms with van der Waals surface area (Å²) < 4.78 is 50.4. The molecule has 10 nitrogen and oxygen atoms in total. The lowest BCUT2D eigenvalue weighted by molar-refractivity contribution is -0.131. The molecule has 2 aromatic heterocycles. The van der Waals surface area contributed by atoms with Gasteiger partial charge in [0, 0.05) is 37.3 Å². The molecule has 5 heterocycles. The maximum atomic E-state index is 17.4. The van der Waals surface area contributed by atoms with Crippen molar-refractivity contribution in [3.63, 3.8) is 0 Å². The van der Waals surface area contributed by atoms with E-state index in [-0.39, 0.29) is 52.9 Å².